The average Bonchev–Trinajstić information content (AvgIpc) is 2.99. The smallest absolute Gasteiger partial charge is 0.162 e. The maximum Gasteiger partial charge on any atom is 0.162 e. The van der Waals surface area contributed by atoms with E-state index in [1.165, 1.54) is 31.4 Å². The Balaban J connectivity index is 1.35. The number of fused-ring (bicyclic) bond motifs is 1. The number of ether oxygens (including phenoxy) is 2. The van der Waals surface area contributed by atoms with Gasteiger partial charge in [0.1, 0.15) is 0 Å². The van der Waals surface area contributed by atoms with Crippen LogP contribution in [0.15, 0.2) is 30.3 Å². The monoisotopic (exact) mass is 301 g/mol. The number of para-hydroxylation sites is 1. The van der Waals surface area contributed by atoms with Crippen LogP contribution < -0.4 is 5.32 Å². The third kappa shape index (κ3) is 2.77. The molecule has 4 rings (SSSR count). The molecule has 1 saturated heterocycles. The van der Waals surface area contributed by atoms with E-state index in [0.29, 0.717) is 11.5 Å². The van der Waals surface area contributed by atoms with Gasteiger partial charge in [-0.1, -0.05) is 18.2 Å². The minimum Gasteiger partial charge on any atom is -0.382 e. The number of hydrogen-bond donors (Lipinski definition) is 1. The molecule has 3 heteroatoms. The van der Waals surface area contributed by atoms with E-state index in [1.807, 2.05) is 13.8 Å². The SMILES string of the molecule is CC1(C)OCC2(CO1)C[C@H]1CC(Nc3ccccc3)C[C@@H]1C2. The van der Waals surface area contributed by atoms with Crippen molar-refractivity contribution in [3.05, 3.63) is 30.3 Å². The van der Waals surface area contributed by atoms with Gasteiger partial charge in [0, 0.05) is 17.1 Å². The summed E-state index contributed by atoms with van der Waals surface area (Å²) in [4.78, 5) is 0. The number of rotatable bonds is 2. The first-order valence-electron chi connectivity index (χ1n) is 8.63. The van der Waals surface area contributed by atoms with Gasteiger partial charge in [-0.05, 0) is 63.5 Å². The van der Waals surface area contributed by atoms with Crippen LogP contribution in [0.4, 0.5) is 5.69 Å². The van der Waals surface area contributed by atoms with Crippen molar-refractivity contribution in [2.45, 2.75) is 51.4 Å². The van der Waals surface area contributed by atoms with E-state index in [4.69, 9.17) is 9.47 Å². The molecule has 1 spiro atoms. The molecular weight excluding hydrogens is 274 g/mol. The number of anilines is 1. The summed E-state index contributed by atoms with van der Waals surface area (Å²) in [5.74, 6) is 1.30. The molecule has 0 bridgehead atoms. The van der Waals surface area contributed by atoms with Crippen LogP contribution in [0.1, 0.15) is 39.5 Å². The van der Waals surface area contributed by atoms with Crippen LogP contribution in [-0.4, -0.2) is 25.0 Å². The fourth-order valence-electron chi connectivity index (χ4n) is 4.77. The van der Waals surface area contributed by atoms with Gasteiger partial charge in [0.25, 0.3) is 0 Å². The summed E-state index contributed by atoms with van der Waals surface area (Å²) in [5.41, 5.74) is 1.55. The zero-order valence-electron chi connectivity index (χ0n) is 13.7. The molecule has 2 atom stereocenters. The predicted octanol–water partition coefficient (Wildman–Crippen LogP) is 4.06. The summed E-state index contributed by atoms with van der Waals surface area (Å²) in [7, 11) is 0. The lowest BCUT2D eigenvalue weighted by atomic mass is 9.84. The first kappa shape index (κ1) is 14.5. The summed E-state index contributed by atoms with van der Waals surface area (Å²) in [6.07, 6.45) is 5.15. The Hall–Kier alpha value is -1.06. The lowest BCUT2D eigenvalue weighted by Gasteiger charge is -2.42. The summed E-state index contributed by atoms with van der Waals surface area (Å²) < 4.78 is 11.9. The molecular formula is C19H27NO2. The Kier molecular flexibility index (Phi) is 3.46. The molecule has 2 saturated carbocycles. The quantitative estimate of drug-likeness (QED) is 0.893. The molecule has 0 unspecified atom stereocenters. The maximum absolute atomic E-state index is 5.95. The molecule has 3 aliphatic rings. The molecule has 0 amide bonds. The van der Waals surface area contributed by atoms with Crippen molar-refractivity contribution in [1.29, 1.82) is 0 Å². The summed E-state index contributed by atoms with van der Waals surface area (Å²) in [6.45, 7) is 5.80. The maximum atomic E-state index is 5.95. The second-order valence-corrected chi connectivity index (χ2v) is 8.08. The Bertz CT molecular complexity index is 501. The van der Waals surface area contributed by atoms with Crippen molar-refractivity contribution in [1.82, 2.24) is 0 Å². The highest BCUT2D eigenvalue weighted by Gasteiger charge is 2.52. The van der Waals surface area contributed by atoms with Gasteiger partial charge in [-0.3, -0.25) is 0 Å². The summed E-state index contributed by atoms with van der Waals surface area (Å²) in [5, 5.41) is 3.71. The van der Waals surface area contributed by atoms with Crippen molar-refractivity contribution in [2.75, 3.05) is 18.5 Å². The van der Waals surface area contributed by atoms with E-state index in [2.05, 4.69) is 35.6 Å². The Morgan fingerprint density at radius 1 is 0.955 bits per heavy atom. The normalized spacial score (nSPS) is 33.0. The van der Waals surface area contributed by atoms with Crippen molar-refractivity contribution in [3.63, 3.8) is 0 Å². The van der Waals surface area contributed by atoms with E-state index in [9.17, 15) is 0 Å². The first-order valence-corrected chi connectivity index (χ1v) is 8.63. The fourth-order valence-corrected chi connectivity index (χ4v) is 4.77. The second kappa shape index (κ2) is 5.24. The summed E-state index contributed by atoms with van der Waals surface area (Å²) >= 11 is 0. The van der Waals surface area contributed by atoms with Gasteiger partial charge in [0.05, 0.1) is 13.2 Å². The molecule has 1 aliphatic heterocycles. The Morgan fingerprint density at radius 2 is 1.55 bits per heavy atom. The van der Waals surface area contributed by atoms with Crippen LogP contribution in [0.2, 0.25) is 0 Å². The predicted molar refractivity (Wildman–Crippen MR) is 87.7 cm³/mol. The standard InChI is InChI=1S/C19H27NO2/c1-18(2)21-12-19(13-22-18)10-14-8-17(9-15(14)11-19)20-16-6-4-3-5-7-16/h3-7,14-15,17,20H,8-13H2,1-2H3/t14-,15-/m1/s1. The largest absolute Gasteiger partial charge is 0.382 e. The molecule has 1 aromatic rings. The highest BCUT2D eigenvalue weighted by molar-refractivity contribution is 5.43. The molecule has 3 fully saturated rings. The van der Waals surface area contributed by atoms with E-state index in [-0.39, 0.29) is 5.79 Å². The molecule has 3 nitrogen and oxygen atoms in total. The number of nitrogens with one attached hydrogen (secondary N) is 1. The second-order valence-electron chi connectivity index (χ2n) is 8.08. The highest BCUT2D eigenvalue weighted by Crippen LogP contribution is 2.55. The minimum absolute atomic E-state index is 0.294. The van der Waals surface area contributed by atoms with Crippen molar-refractivity contribution in [2.24, 2.45) is 17.3 Å². The van der Waals surface area contributed by atoms with Gasteiger partial charge < -0.3 is 14.8 Å². The Morgan fingerprint density at radius 3 is 2.14 bits per heavy atom. The van der Waals surface area contributed by atoms with Crippen LogP contribution in [-0.2, 0) is 9.47 Å². The van der Waals surface area contributed by atoms with Gasteiger partial charge >= 0.3 is 0 Å². The molecule has 0 aromatic heterocycles. The molecule has 1 N–H and O–H groups in total. The van der Waals surface area contributed by atoms with E-state index >= 15 is 0 Å². The minimum atomic E-state index is -0.389. The number of benzene rings is 1. The molecule has 1 aromatic carbocycles. The molecule has 22 heavy (non-hydrogen) atoms. The molecule has 120 valence electrons. The van der Waals surface area contributed by atoms with Crippen LogP contribution in [0, 0.1) is 17.3 Å². The molecule has 0 radical (unpaired) electrons. The lowest BCUT2D eigenvalue weighted by molar-refractivity contribution is -0.285. The van der Waals surface area contributed by atoms with Gasteiger partial charge in [-0.2, -0.15) is 0 Å². The molecule has 1 heterocycles. The van der Waals surface area contributed by atoms with Gasteiger partial charge in [0.15, 0.2) is 5.79 Å². The van der Waals surface area contributed by atoms with Crippen LogP contribution in [0.3, 0.4) is 0 Å². The average molecular weight is 301 g/mol. The fraction of sp³-hybridized carbons (Fsp3) is 0.684. The van der Waals surface area contributed by atoms with Gasteiger partial charge in [0.2, 0.25) is 0 Å². The van der Waals surface area contributed by atoms with Gasteiger partial charge in [-0.15, -0.1) is 0 Å². The lowest BCUT2D eigenvalue weighted by Crippen LogP contribution is -2.45. The topological polar surface area (TPSA) is 30.5 Å². The van der Waals surface area contributed by atoms with Crippen LogP contribution in [0.25, 0.3) is 0 Å². The first-order chi connectivity index (χ1) is 10.5. The van der Waals surface area contributed by atoms with E-state index in [0.717, 1.165) is 25.0 Å². The molecule has 2 aliphatic carbocycles. The highest BCUT2D eigenvalue weighted by atomic mass is 16.7. The summed E-state index contributed by atoms with van der Waals surface area (Å²) in [6, 6.07) is 11.2. The van der Waals surface area contributed by atoms with Crippen LogP contribution >= 0.6 is 0 Å². The zero-order chi connectivity index (χ0) is 15.2. The Labute approximate surface area is 133 Å². The van der Waals surface area contributed by atoms with E-state index < -0.39 is 0 Å². The van der Waals surface area contributed by atoms with E-state index in [1.54, 1.807) is 0 Å². The third-order valence-electron chi connectivity index (χ3n) is 5.83. The van der Waals surface area contributed by atoms with Crippen LogP contribution in [0.5, 0.6) is 0 Å². The number of hydrogen-bond acceptors (Lipinski definition) is 3. The van der Waals surface area contributed by atoms with Crippen molar-refractivity contribution in [3.8, 4) is 0 Å². The third-order valence-corrected chi connectivity index (χ3v) is 5.83. The zero-order valence-corrected chi connectivity index (χ0v) is 13.7. The van der Waals surface area contributed by atoms with Crippen molar-refractivity contribution < 1.29 is 9.47 Å². The van der Waals surface area contributed by atoms with Crippen molar-refractivity contribution >= 4 is 5.69 Å². The van der Waals surface area contributed by atoms with Gasteiger partial charge in [-0.25, -0.2) is 0 Å².